The number of para-hydroxylation sites is 3. The topological polar surface area (TPSA) is 53.1 Å². The fourth-order valence-corrected chi connectivity index (χ4v) is 5.16. The third-order valence-corrected chi connectivity index (χ3v) is 7.44. The van der Waals surface area contributed by atoms with Crippen molar-refractivity contribution in [2.45, 2.75) is 13.5 Å². The van der Waals surface area contributed by atoms with Gasteiger partial charge in [0.2, 0.25) is 0 Å². The Bertz CT molecular complexity index is 1540. The smallest absolute Gasteiger partial charge is 0.294 e. The van der Waals surface area contributed by atoms with Gasteiger partial charge in [-0.1, -0.05) is 72.3 Å². The second kappa shape index (κ2) is 11.1. The summed E-state index contributed by atoms with van der Waals surface area (Å²) >= 11 is 0. The zero-order chi connectivity index (χ0) is 27.5. The van der Waals surface area contributed by atoms with Crippen molar-refractivity contribution < 1.29 is 14.3 Å². The molecule has 1 fully saturated rings. The summed E-state index contributed by atoms with van der Waals surface area (Å²) in [5.74, 6) is 0.717. The van der Waals surface area contributed by atoms with Gasteiger partial charge in [0.25, 0.3) is 11.8 Å². The molecule has 4 aromatic rings. The van der Waals surface area contributed by atoms with Crippen LogP contribution < -0.4 is 14.5 Å². The van der Waals surface area contributed by atoms with Crippen LogP contribution in [0.4, 0.5) is 11.4 Å². The maximum absolute atomic E-state index is 13.5. The number of hydrogen-bond donors (Lipinski definition) is 0. The zero-order valence-corrected chi connectivity index (χ0v) is 22.5. The summed E-state index contributed by atoms with van der Waals surface area (Å²) in [5.41, 5.74) is 5.59. The van der Waals surface area contributed by atoms with Crippen molar-refractivity contribution in [2.75, 3.05) is 36.0 Å². The van der Waals surface area contributed by atoms with Crippen LogP contribution in [0.25, 0.3) is 6.08 Å². The van der Waals surface area contributed by atoms with E-state index in [1.807, 2.05) is 90.7 Å². The number of hydrogen-bond acceptors (Lipinski definition) is 4. The molecule has 1 saturated heterocycles. The molecule has 6 rings (SSSR count). The number of rotatable bonds is 5. The van der Waals surface area contributed by atoms with E-state index < -0.39 is 0 Å². The van der Waals surface area contributed by atoms with E-state index in [-0.39, 0.29) is 17.6 Å². The molecule has 0 spiro atoms. The monoisotopic (exact) mass is 529 g/mol. The standard InChI is InChI=1S/C34H31N3O3/c1-25-11-13-27(14-12-25)24-37-30-9-5-6-10-31(30)40-32(34(37)39)23-26-15-17-28(18-16-26)33(38)36-21-19-35(20-22-36)29-7-3-2-4-8-29/h2-18,23H,19-22,24H2,1H3. The van der Waals surface area contributed by atoms with Gasteiger partial charge in [0, 0.05) is 37.4 Å². The number of fused-ring (bicyclic) bond motifs is 1. The van der Waals surface area contributed by atoms with E-state index in [0.29, 0.717) is 30.9 Å². The molecule has 6 nitrogen and oxygen atoms in total. The summed E-state index contributed by atoms with van der Waals surface area (Å²) in [6, 6.07) is 33.4. The third kappa shape index (κ3) is 5.34. The van der Waals surface area contributed by atoms with E-state index in [1.54, 1.807) is 11.0 Å². The molecule has 0 N–H and O–H groups in total. The Hall–Kier alpha value is -4.84. The Balaban J connectivity index is 1.16. The minimum Gasteiger partial charge on any atom is -0.449 e. The quantitative estimate of drug-likeness (QED) is 0.301. The summed E-state index contributed by atoms with van der Waals surface area (Å²) in [6.45, 7) is 5.46. The number of ether oxygens (including phenoxy) is 1. The Morgan fingerprint density at radius 1 is 0.800 bits per heavy atom. The number of benzene rings is 4. The van der Waals surface area contributed by atoms with Crippen LogP contribution in [0.3, 0.4) is 0 Å². The molecule has 4 aromatic carbocycles. The second-order valence-corrected chi connectivity index (χ2v) is 10.2. The largest absolute Gasteiger partial charge is 0.449 e. The van der Waals surface area contributed by atoms with Crippen LogP contribution in [0.5, 0.6) is 5.75 Å². The molecular weight excluding hydrogens is 498 g/mol. The fourth-order valence-electron chi connectivity index (χ4n) is 5.16. The number of aryl methyl sites for hydroxylation is 1. The van der Waals surface area contributed by atoms with E-state index in [9.17, 15) is 9.59 Å². The highest BCUT2D eigenvalue weighted by Gasteiger charge is 2.30. The van der Waals surface area contributed by atoms with Crippen molar-refractivity contribution in [3.63, 3.8) is 0 Å². The normalized spacial score (nSPS) is 16.1. The summed E-state index contributed by atoms with van der Waals surface area (Å²) in [4.78, 5) is 32.7. The number of piperazine rings is 1. The van der Waals surface area contributed by atoms with Gasteiger partial charge in [-0.3, -0.25) is 14.5 Å². The molecule has 2 aliphatic heterocycles. The molecule has 0 aromatic heterocycles. The lowest BCUT2D eigenvalue weighted by molar-refractivity contribution is -0.117. The number of nitrogens with zero attached hydrogens (tertiary/aromatic N) is 3. The summed E-state index contributed by atoms with van der Waals surface area (Å²) in [6.07, 6.45) is 1.74. The van der Waals surface area contributed by atoms with Gasteiger partial charge < -0.3 is 14.5 Å². The Morgan fingerprint density at radius 2 is 1.48 bits per heavy atom. The van der Waals surface area contributed by atoms with E-state index in [0.717, 1.165) is 29.9 Å². The number of carbonyl (C=O) groups is 2. The van der Waals surface area contributed by atoms with Crippen LogP contribution in [0.2, 0.25) is 0 Å². The van der Waals surface area contributed by atoms with Crippen molar-refractivity contribution in [3.8, 4) is 5.75 Å². The molecule has 2 aliphatic rings. The van der Waals surface area contributed by atoms with Crippen LogP contribution >= 0.6 is 0 Å². The van der Waals surface area contributed by atoms with Gasteiger partial charge in [-0.15, -0.1) is 0 Å². The maximum atomic E-state index is 13.5. The van der Waals surface area contributed by atoms with Crippen molar-refractivity contribution >= 4 is 29.3 Å². The summed E-state index contributed by atoms with van der Waals surface area (Å²) in [5, 5.41) is 0. The van der Waals surface area contributed by atoms with Gasteiger partial charge in [0.05, 0.1) is 12.2 Å². The first-order valence-corrected chi connectivity index (χ1v) is 13.6. The highest BCUT2D eigenvalue weighted by molar-refractivity contribution is 6.09. The Kier molecular flexibility index (Phi) is 7.06. The average molecular weight is 530 g/mol. The predicted octanol–water partition coefficient (Wildman–Crippen LogP) is 5.92. The van der Waals surface area contributed by atoms with Gasteiger partial charge in [0.15, 0.2) is 11.5 Å². The Morgan fingerprint density at radius 3 is 2.20 bits per heavy atom. The summed E-state index contributed by atoms with van der Waals surface area (Å²) < 4.78 is 6.04. The zero-order valence-electron chi connectivity index (χ0n) is 22.5. The van der Waals surface area contributed by atoms with E-state index in [2.05, 4.69) is 29.2 Å². The number of amides is 2. The lowest BCUT2D eigenvalue weighted by Gasteiger charge is -2.36. The van der Waals surface area contributed by atoms with Gasteiger partial charge in [-0.25, -0.2) is 0 Å². The SMILES string of the molecule is Cc1ccc(CN2C(=O)C(=Cc3ccc(C(=O)N4CCN(c5ccccc5)CC4)cc3)Oc3ccccc32)cc1. The number of carbonyl (C=O) groups excluding carboxylic acids is 2. The molecule has 0 radical (unpaired) electrons. The van der Waals surface area contributed by atoms with Crippen LogP contribution in [0.1, 0.15) is 27.0 Å². The van der Waals surface area contributed by atoms with Crippen LogP contribution in [0, 0.1) is 6.92 Å². The van der Waals surface area contributed by atoms with Crippen LogP contribution in [-0.2, 0) is 11.3 Å². The Labute approximate surface area is 234 Å². The fraction of sp³-hybridized carbons (Fsp3) is 0.176. The van der Waals surface area contributed by atoms with Gasteiger partial charge in [-0.2, -0.15) is 0 Å². The molecule has 2 amide bonds. The number of anilines is 2. The minimum absolute atomic E-state index is 0.0232. The molecule has 0 saturated carbocycles. The molecule has 200 valence electrons. The van der Waals surface area contributed by atoms with Crippen molar-refractivity contribution in [3.05, 3.63) is 131 Å². The lowest BCUT2D eigenvalue weighted by Crippen LogP contribution is -2.48. The van der Waals surface area contributed by atoms with Gasteiger partial charge >= 0.3 is 0 Å². The first-order valence-electron chi connectivity index (χ1n) is 13.6. The minimum atomic E-state index is -0.198. The van der Waals surface area contributed by atoms with E-state index in [4.69, 9.17) is 4.74 Å². The van der Waals surface area contributed by atoms with Crippen LogP contribution in [-0.4, -0.2) is 42.9 Å². The third-order valence-electron chi connectivity index (χ3n) is 7.44. The molecule has 2 heterocycles. The van der Waals surface area contributed by atoms with Crippen molar-refractivity contribution in [1.29, 1.82) is 0 Å². The van der Waals surface area contributed by atoms with Crippen molar-refractivity contribution in [2.24, 2.45) is 0 Å². The highest BCUT2D eigenvalue weighted by atomic mass is 16.5. The molecular formula is C34H31N3O3. The molecule has 0 unspecified atom stereocenters. The maximum Gasteiger partial charge on any atom is 0.294 e. The second-order valence-electron chi connectivity index (χ2n) is 10.2. The van der Waals surface area contributed by atoms with E-state index >= 15 is 0 Å². The highest BCUT2D eigenvalue weighted by Crippen LogP contribution is 2.36. The first kappa shape index (κ1) is 25.4. The first-order chi connectivity index (χ1) is 19.5. The van der Waals surface area contributed by atoms with Crippen LogP contribution in [0.15, 0.2) is 109 Å². The lowest BCUT2D eigenvalue weighted by atomic mass is 10.1. The predicted molar refractivity (Wildman–Crippen MR) is 158 cm³/mol. The average Bonchev–Trinajstić information content (AvgIpc) is 3.01. The summed E-state index contributed by atoms with van der Waals surface area (Å²) in [7, 11) is 0. The molecule has 40 heavy (non-hydrogen) atoms. The molecule has 0 aliphatic carbocycles. The van der Waals surface area contributed by atoms with E-state index in [1.165, 1.54) is 11.3 Å². The molecule has 0 bridgehead atoms. The van der Waals surface area contributed by atoms with Crippen molar-refractivity contribution in [1.82, 2.24) is 4.90 Å². The molecule has 0 atom stereocenters. The van der Waals surface area contributed by atoms with Gasteiger partial charge in [0.1, 0.15) is 0 Å². The van der Waals surface area contributed by atoms with Gasteiger partial charge in [-0.05, 0) is 60.5 Å². The molecule has 6 heteroatoms.